The summed E-state index contributed by atoms with van der Waals surface area (Å²) in [7, 11) is 1.86. The molecule has 9 heteroatoms. The number of hydrogen-bond donors (Lipinski definition) is 2. The van der Waals surface area contributed by atoms with Crippen molar-refractivity contribution in [3.8, 4) is 0 Å². The number of anilines is 1. The van der Waals surface area contributed by atoms with Gasteiger partial charge in [0.05, 0.1) is 10.2 Å². The van der Waals surface area contributed by atoms with E-state index in [9.17, 15) is 9.59 Å². The Kier molecular flexibility index (Phi) is 4.63. The highest BCUT2D eigenvalue weighted by Gasteiger charge is 2.26. The Balaban J connectivity index is 1.57. The van der Waals surface area contributed by atoms with Gasteiger partial charge in [0.15, 0.2) is 18.4 Å². The summed E-state index contributed by atoms with van der Waals surface area (Å²) < 4.78 is 2.72. The van der Waals surface area contributed by atoms with Gasteiger partial charge in [-0.05, 0) is 24.3 Å². The number of carbonyl (C=O) groups excluding carboxylic acids is 1. The molecule has 7 nitrogen and oxygen atoms in total. The van der Waals surface area contributed by atoms with E-state index in [1.165, 1.54) is 23.1 Å². The number of amides is 1. The van der Waals surface area contributed by atoms with Crippen LogP contribution >= 0.6 is 23.1 Å². The first-order valence-electron chi connectivity index (χ1n) is 8.10. The number of aliphatic carboxylic acids is 1. The van der Waals surface area contributed by atoms with Gasteiger partial charge in [0, 0.05) is 17.5 Å². The van der Waals surface area contributed by atoms with Crippen molar-refractivity contribution in [2.75, 3.05) is 11.1 Å². The number of rotatable bonds is 4. The van der Waals surface area contributed by atoms with Crippen molar-refractivity contribution in [3.63, 3.8) is 0 Å². The first-order valence-corrected chi connectivity index (χ1v) is 9.91. The van der Waals surface area contributed by atoms with Crippen molar-refractivity contribution >= 4 is 55.9 Å². The third-order valence-corrected chi connectivity index (χ3v) is 6.18. The van der Waals surface area contributed by atoms with Crippen molar-refractivity contribution in [3.05, 3.63) is 53.3 Å². The Hall–Kier alpha value is -2.78. The molecular weight excluding hydrogens is 384 g/mol. The van der Waals surface area contributed by atoms with Gasteiger partial charge in [0.1, 0.15) is 22.7 Å². The van der Waals surface area contributed by atoms with Gasteiger partial charge < -0.3 is 10.4 Å². The molecule has 0 saturated carbocycles. The molecule has 0 spiro atoms. The second kappa shape index (κ2) is 7.09. The van der Waals surface area contributed by atoms with E-state index >= 15 is 0 Å². The lowest BCUT2D eigenvalue weighted by Gasteiger charge is -2.04. The third kappa shape index (κ3) is 3.69. The van der Waals surface area contributed by atoms with Crippen LogP contribution in [0.15, 0.2) is 47.7 Å². The monoisotopic (exact) mass is 399 g/mol. The lowest BCUT2D eigenvalue weighted by atomic mass is 10.2. The van der Waals surface area contributed by atoms with Crippen LogP contribution in [0.2, 0.25) is 0 Å². The standard InChI is InChI=1S/C18H14N4O3S2/c1-22-6-2-3-10(8-22)15(23)19-11-4-5-12-14(7-11)27-17(20-12)16-21-13(9-26-16)18(24)25/h2-8,13H,9H2,1H3,(H-,19,21,23,24,25)/p+1. The number of benzene rings is 1. The number of nitrogens with one attached hydrogen (secondary N) is 1. The van der Waals surface area contributed by atoms with E-state index in [2.05, 4.69) is 15.3 Å². The van der Waals surface area contributed by atoms with E-state index in [4.69, 9.17) is 5.11 Å². The number of hydrogen-bond acceptors (Lipinski definition) is 6. The Bertz CT molecular complexity index is 1090. The molecule has 0 fully saturated rings. The van der Waals surface area contributed by atoms with Gasteiger partial charge in [0.25, 0.3) is 5.91 Å². The highest BCUT2D eigenvalue weighted by atomic mass is 32.2. The number of carboxylic acids is 1. The smallest absolute Gasteiger partial charge is 0.329 e. The summed E-state index contributed by atoms with van der Waals surface area (Å²) in [5, 5.41) is 13.3. The molecule has 1 amide bonds. The molecule has 3 heterocycles. The zero-order chi connectivity index (χ0) is 19.0. The van der Waals surface area contributed by atoms with Crippen molar-refractivity contribution in [1.29, 1.82) is 0 Å². The minimum atomic E-state index is -0.919. The van der Waals surface area contributed by atoms with Crippen molar-refractivity contribution in [1.82, 2.24) is 4.98 Å². The van der Waals surface area contributed by atoms with Gasteiger partial charge in [-0.15, -0.1) is 23.1 Å². The fourth-order valence-corrected chi connectivity index (χ4v) is 4.74. The molecule has 2 aromatic heterocycles. The molecule has 3 aromatic rings. The summed E-state index contributed by atoms with van der Waals surface area (Å²) in [5.41, 5.74) is 2.04. The van der Waals surface area contributed by atoms with Crippen LogP contribution in [0.4, 0.5) is 5.69 Å². The van der Waals surface area contributed by atoms with E-state index < -0.39 is 12.0 Å². The number of aromatic nitrogens is 2. The van der Waals surface area contributed by atoms with Crippen molar-refractivity contribution < 1.29 is 19.3 Å². The number of pyridine rings is 1. The summed E-state index contributed by atoms with van der Waals surface area (Å²) in [6.07, 6.45) is 3.62. The third-order valence-electron chi connectivity index (χ3n) is 3.97. The molecule has 0 bridgehead atoms. The van der Waals surface area contributed by atoms with Gasteiger partial charge in [-0.2, -0.15) is 0 Å². The Morgan fingerprint density at radius 1 is 1.33 bits per heavy atom. The Morgan fingerprint density at radius 2 is 2.19 bits per heavy atom. The largest absolute Gasteiger partial charge is 0.480 e. The minimum Gasteiger partial charge on any atom is -0.480 e. The van der Waals surface area contributed by atoms with Gasteiger partial charge in [-0.25, -0.2) is 14.3 Å². The molecule has 0 radical (unpaired) electrons. The first kappa shape index (κ1) is 17.6. The van der Waals surface area contributed by atoms with Gasteiger partial charge in [-0.1, -0.05) is 0 Å². The number of aliphatic imine (C=N–C) groups is 1. The molecular formula is C18H15N4O3S2+. The van der Waals surface area contributed by atoms with Crippen LogP contribution in [0.5, 0.6) is 0 Å². The Labute approximate surface area is 162 Å². The van der Waals surface area contributed by atoms with E-state index in [0.29, 0.717) is 27.1 Å². The maximum absolute atomic E-state index is 12.4. The summed E-state index contributed by atoms with van der Waals surface area (Å²) >= 11 is 2.84. The fraction of sp³-hybridized carbons (Fsp3) is 0.167. The minimum absolute atomic E-state index is 0.185. The van der Waals surface area contributed by atoms with Crippen LogP contribution in [-0.2, 0) is 11.8 Å². The first-order chi connectivity index (χ1) is 13.0. The van der Waals surface area contributed by atoms with Crippen LogP contribution in [0.3, 0.4) is 0 Å². The van der Waals surface area contributed by atoms with Crippen LogP contribution < -0.4 is 9.88 Å². The second-order valence-corrected chi connectivity index (χ2v) is 8.05. The highest BCUT2D eigenvalue weighted by molar-refractivity contribution is 8.15. The molecule has 0 saturated heterocycles. The van der Waals surface area contributed by atoms with Crippen LogP contribution in [0.25, 0.3) is 10.2 Å². The Morgan fingerprint density at radius 3 is 2.93 bits per heavy atom. The van der Waals surface area contributed by atoms with Crippen LogP contribution in [0.1, 0.15) is 15.4 Å². The molecule has 1 aromatic carbocycles. The van der Waals surface area contributed by atoms with E-state index in [1.807, 2.05) is 36.0 Å². The molecule has 27 heavy (non-hydrogen) atoms. The van der Waals surface area contributed by atoms with E-state index in [0.717, 1.165) is 10.2 Å². The zero-order valence-corrected chi connectivity index (χ0v) is 15.9. The maximum Gasteiger partial charge on any atom is 0.329 e. The number of aryl methyl sites for hydroxylation is 1. The van der Waals surface area contributed by atoms with Crippen LogP contribution in [-0.4, -0.2) is 38.8 Å². The number of fused-ring (bicyclic) bond motifs is 1. The molecule has 1 unspecified atom stereocenters. The summed E-state index contributed by atoms with van der Waals surface area (Å²) in [6.45, 7) is 0. The topological polar surface area (TPSA) is 95.5 Å². The summed E-state index contributed by atoms with van der Waals surface area (Å²) in [5.74, 6) is -0.676. The molecule has 1 aliphatic heterocycles. The molecule has 0 aliphatic carbocycles. The van der Waals surface area contributed by atoms with E-state index in [-0.39, 0.29) is 5.91 Å². The van der Waals surface area contributed by atoms with Crippen molar-refractivity contribution in [2.24, 2.45) is 12.0 Å². The number of nitrogens with zero attached hydrogens (tertiary/aromatic N) is 3. The average Bonchev–Trinajstić information content (AvgIpc) is 3.28. The molecule has 1 atom stereocenters. The number of carboxylic acid groups (broad SMARTS) is 1. The van der Waals surface area contributed by atoms with Gasteiger partial charge in [0.2, 0.25) is 0 Å². The number of thioether (sulfide) groups is 1. The second-order valence-electron chi connectivity index (χ2n) is 6.01. The highest BCUT2D eigenvalue weighted by Crippen LogP contribution is 2.31. The van der Waals surface area contributed by atoms with Crippen LogP contribution in [0, 0.1) is 0 Å². The van der Waals surface area contributed by atoms with Gasteiger partial charge in [-0.3, -0.25) is 9.79 Å². The molecule has 4 rings (SSSR count). The summed E-state index contributed by atoms with van der Waals surface area (Å²) in [6, 6.07) is 8.37. The predicted molar refractivity (Wildman–Crippen MR) is 106 cm³/mol. The normalized spacial score (nSPS) is 16.3. The quantitative estimate of drug-likeness (QED) is 0.657. The molecule has 2 N–H and O–H groups in total. The summed E-state index contributed by atoms with van der Waals surface area (Å²) in [4.78, 5) is 32.2. The number of carbonyl (C=O) groups is 2. The fourth-order valence-electron chi connectivity index (χ4n) is 2.64. The lowest BCUT2D eigenvalue weighted by molar-refractivity contribution is -0.671. The number of thiazole rings is 1. The van der Waals surface area contributed by atoms with Crippen molar-refractivity contribution in [2.45, 2.75) is 6.04 Å². The molecule has 136 valence electrons. The average molecular weight is 399 g/mol. The van der Waals surface area contributed by atoms with Gasteiger partial charge >= 0.3 is 5.97 Å². The zero-order valence-electron chi connectivity index (χ0n) is 14.2. The lowest BCUT2D eigenvalue weighted by Crippen LogP contribution is -2.28. The SMILES string of the molecule is C[n+]1cccc(C(=O)Nc2ccc3nc(C4=NC(C(=O)O)CS4)sc3c2)c1. The molecule has 1 aliphatic rings. The maximum atomic E-state index is 12.4. The predicted octanol–water partition coefficient (Wildman–Crippen LogP) is 2.32. The van der Waals surface area contributed by atoms with E-state index in [1.54, 1.807) is 18.3 Å².